The van der Waals surface area contributed by atoms with Gasteiger partial charge in [-0.3, -0.25) is 9.59 Å². The number of nitrogens with zero attached hydrogens (tertiary/aromatic N) is 3. The fraction of sp³-hybridized carbons (Fsp3) is 0.348. The first kappa shape index (κ1) is 26.2. The summed E-state index contributed by atoms with van der Waals surface area (Å²) in [5.74, 6) is -0.190. The Bertz CT molecular complexity index is 1220. The molecule has 2 heterocycles. The van der Waals surface area contributed by atoms with E-state index >= 15 is 0 Å². The molecule has 0 bridgehead atoms. The normalized spacial score (nSPS) is 10.7. The summed E-state index contributed by atoms with van der Waals surface area (Å²) in [5, 5.41) is 12.1. The molecule has 0 radical (unpaired) electrons. The van der Waals surface area contributed by atoms with Crippen molar-refractivity contribution in [2.24, 2.45) is 5.73 Å². The van der Waals surface area contributed by atoms with E-state index in [-0.39, 0.29) is 33.7 Å². The zero-order valence-electron chi connectivity index (χ0n) is 19.9. The first-order chi connectivity index (χ1) is 16.8. The van der Waals surface area contributed by atoms with Gasteiger partial charge in [-0.15, -0.1) is 21.5 Å². The summed E-state index contributed by atoms with van der Waals surface area (Å²) in [4.78, 5) is 37.1. The maximum absolute atomic E-state index is 12.7. The van der Waals surface area contributed by atoms with Crippen LogP contribution in [0, 0.1) is 6.92 Å². The van der Waals surface area contributed by atoms with Gasteiger partial charge in [0.15, 0.2) is 11.0 Å². The lowest BCUT2D eigenvalue weighted by molar-refractivity contribution is -0.113. The smallest absolute Gasteiger partial charge is 0.341 e. The number of esters is 1. The van der Waals surface area contributed by atoms with Crippen LogP contribution in [0.3, 0.4) is 0 Å². The predicted octanol–water partition coefficient (Wildman–Crippen LogP) is 3.74. The molecular formula is C23H27N5O5S2. The Balaban J connectivity index is 1.74. The third-order valence-electron chi connectivity index (χ3n) is 4.89. The molecule has 0 saturated carbocycles. The number of aromatic nitrogens is 3. The van der Waals surface area contributed by atoms with Crippen LogP contribution in [-0.4, -0.2) is 51.5 Å². The Morgan fingerprint density at radius 2 is 1.83 bits per heavy atom. The third-order valence-corrected chi connectivity index (χ3v) is 7.08. The van der Waals surface area contributed by atoms with Gasteiger partial charge in [-0.2, -0.15) is 0 Å². The number of thiophene rings is 1. The fourth-order valence-electron chi connectivity index (χ4n) is 3.34. The first-order valence-electron chi connectivity index (χ1n) is 11.0. The number of benzene rings is 1. The van der Waals surface area contributed by atoms with Crippen LogP contribution in [0.5, 0.6) is 5.75 Å². The molecule has 10 nitrogen and oxygen atoms in total. The molecule has 186 valence electrons. The molecule has 0 saturated heterocycles. The number of carbonyl (C=O) groups excluding carboxylic acids is 3. The molecule has 3 rings (SSSR count). The second kappa shape index (κ2) is 11.8. The van der Waals surface area contributed by atoms with Crippen LogP contribution in [0.15, 0.2) is 29.4 Å². The van der Waals surface area contributed by atoms with Crippen molar-refractivity contribution >= 4 is 45.9 Å². The average Bonchev–Trinajstić information content (AvgIpc) is 3.39. The van der Waals surface area contributed by atoms with E-state index in [2.05, 4.69) is 15.5 Å². The number of ether oxygens (including phenoxy) is 2. The minimum atomic E-state index is -0.675. The number of amides is 2. The van der Waals surface area contributed by atoms with Crippen molar-refractivity contribution in [3.8, 4) is 17.1 Å². The van der Waals surface area contributed by atoms with Crippen molar-refractivity contribution in [1.29, 1.82) is 0 Å². The van der Waals surface area contributed by atoms with Crippen LogP contribution in [0.2, 0.25) is 0 Å². The monoisotopic (exact) mass is 517 g/mol. The van der Waals surface area contributed by atoms with Gasteiger partial charge in [-0.05, 0) is 57.5 Å². The molecule has 0 aliphatic carbocycles. The van der Waals surface area contributed by atoms with Gasteiger partial charge in [0.25, 0.3) is 5.91 Å². The zero-order valence-corrected chi connectivity index (χ0v) is 21.5. The minimum absolute atomic E-state index is 0.0204. The number of rotatable bonds is 11. The lowest BCUT2D eigenvalue weighted by Gasteiger charge is -2.09. The Labute approximate surface area is 211 Å². The van der Waals surface area contributed by atoms with Gasteiger partial charge in [-0.1, -0.05) is 11.8 Å². The highest BCUT2D eigenvalue weighted by molar-refractivity contribution is 7.99. The summed E-state index contributed by atoms with van der Waals surface area (Å²) in [6.07, 6.45) is 0. The van der Waals surface area contributed by atoms with Gasteiger partial charge in [0.1, 0.15) is 10.8 Å². The molecule has 2 aromatic heterocycles. The topological polar surface area (TPSA) is 138 Å². The standard InChI is InChI=1S/C23H27N5O5S2/c1-5-28-20(14-8-10-15(11-9-14)32-6-2)26-27-23(28)34-12-16(29)25-21-17(22(31)33-7-3)13(4)18(35-21)19(24)30/h8-11H,5-7,12H2,1-4H3,(H2,24,30)(H,25,29). The van der Waals surface area contributed by atoms with Gasteiger partial charge in [0.2, 0.25) is 5.91 Å². The Morgan fingerprint density at radius 3 is 2.43 bits per heavy atom. The highest BCUT2D eigenvalue weighted by Crippen LogP contribution is 2.34. The maximum atomic E-state index is 12.7. The van der Waals surface area contributed by atoms with Crippen LogP contribution < -0.4 is 15.8 Å². The van der Waals surface area contributed by atoms with Crippen LogP contribution >= 0.6 is 23.1 Å². The second-order valence-corrected chi connectivity index (χ2v) is 9.15. The summed E-state index contributed by atoms with van der Waals surface area (Å²) < 4.78 is 12.5. The molecule has 0 unspecified atom stereocenters. The quantitative estimate of drug-likeness (QED) is 0.290. The molecule has 0 fully saturated rings. The molecule has 0 aliphatic rings. The zero-order chi connectivity index (χ0) is 25.5. The maximum Gasteiger partial charge on any atom is 0.341 e. The van der Waals surface area contributed by atoms with E-state index in [0.717, 1.165) is 22.6 Å². The summed E-state index contributed by atoms with van der Waals surface area (Å²) in [5.41, 5.74) is 6.82. The molecule has 3 aromatic rings. The first-order valence-corrected chi connectivity index (χ1v) is 12.8. The van der Waals surface area contributed by atoms with Crippen LogP contribution in [0.1, 0.15) is 46.4 Å². The number of hydrogen-bond acceptors (Lipinski definition) is 9. The summed E-state index contributed by atoms with van der Waals surface area (Å²) in [6.45, 7) is 8.52. The van der Waals surface area contributed by atoms with Crippen LogP contribution in [0.4, 0.5) is 5.00 Å². The van der Waals surface area contributed by atoms with E-state index in [0.29, 0.717) is 29.7 Å². The summed E-state index contributed by atoms with van der Waals surface area (Å²) in [7, 11) is 0. The predicted molar refractivity (Wildman–Crippen MR) is 135 cm³/mol. The van der Waals surface area contributed by atoms with Gasteiger partial charge in [0, 0.05) is 12.1 Å². The molecule has 2 amide bonds. The van der Waals surface area contributed by atoms with E-state index in [9.17, 15) is 14.4 Å². The van der Waals surface area contributed by atoms with Crippen molar-refractivity contribution in [2.45, 2.75) is 39.4 Å². The molecule has 0 atom stereocenters. The number of hydrogen-bond donors (Lipinski definition) is 2. The SMILES string of the molecule is CCOC(=O)c1c(NC(=O)CSc2nnc(-c3ccc(OCC)cc3)n2CC)sc(C(N)=O)c1C. The minimum Gasteiger partial charge on any atom is -0.494 e. The number of anilines is 1. The Hall–Kier alpha value is -3.38. The Morgan fingerprint density at radius 1 is 1.11 bits per heavy atom. The summed E-state index contributed by atoms with van der Waals surface area (Å²) in [6, 6.07) is 7.57. The molecule has 0 aliphatic heterocycles. The lowest BCUT2D eigenvalue weighted by atomic mass is 10.1. The largest absolute Gasteiger partial charge is 0.494 e. The molecular weight excluding hydrogens is 490 g/mol. The van der Waals surface area contributed by atoms with Crippen LogP contribution in [0.25, 0.3) is 11.4 Å². The molecule has 12 heteroatoms. The van der Waals surface area contributed by atoms with Crippen molar-refractivity contribution in [3.05, 3.63) is 40.3 Å². The average molecular weight is 518 g/mol. The number of thioether (sulfide) groups is 1. The number of nitrogens with two attached hydrogens (primary N) is 1. The van der Waals surface area contributed by atoms with E-state index in [1.165, 1.54) is 11.8 Å². The Kier molecular flexibility index (Phi) is 8.88. The van der Waals surface area contributed by atoms with Crippen molar-refractivity contribution in [2.75, 3.05) is 24.3 Å². The number of primary amides is 1. The van der Waals surface area contributed by atoms with Crippen molar-refractivity contribution in [3.63, 3.8) is 0 Å². The lowest BCUT2D eigenvalue weighted by Crippen LogP contribution is -2.17. The van der Waals surface area contributed by atoms with Crippen LogP contribution in [-0.2, 0) is 16.1 Å². The van der Waals surface area contributed by atoms with E-state index in [4.69, 9.17) is 15.2 Å². The number of nitrogens with one attached hydrogen (secondary N) is 1. The van der Waals surface area contributed by atoms with E-state index in [1.807, 2.05) is 42.7 Å². The van der Waals surface area contributed by atoms with Gasteiger partial charge < -0.3 is 25.1 Å². The highest BCUT2D eigenvalue weighted by Gasteiger charge is 2.26. The molecule has 1 aromatic carbocycles. The van der Waals surface area contributed by atoms with E-state index in [1.54, 1.807) is 13.8 Å². The highest BCUT2D eigenvalue weighted by atomic mass is 32.2. The van der Waals surface area contributed by atoms with E-state index < -0.39 is 11.9 Å². The number of carbonyl (C=O) groups is 3. The summed E-state index contributed by atoms with van der Waals surface area (Å²) >= 11 is 2.17. The van der Waals surface area contributed by atoms with Gasteiger partial charge in [0.05, 0.1) is 29.4 Å². The molecule has 3 N–H and O–H groups in total. The fourth-order valence-corrected chi connectivity index (χ4v) is 5.20. The molecule has 35 heavy (non-hydrogen) atoms. The van der Waals surface area contributed by atoms with Crippen molar-refractivity contribution < 1.29 is 23.9 Å². The second-order valence-electron chi connectivity index (χ2n) is 7.19. The molecule has 0 spiro atoms. The third kappa shape index (κ3) is 6.01. The van der Waals surface area contributed by atoms with Crippen molar-refractivity contribution in [1.82, 2.24) is 14.8 Å². The van der Waals surface area contributed by atoms with Gasteiger partial charge in [-0.25, -0.2) is 4.79 Å². The van der Waals surface area contributed by atoms with Gasteiger partial charge >= 0.3 is 5.97 Å².